The van der Waals surface area contributed by atoms with E-state index < -0.39 is 24.2 Å². The third-order valence-electron chi connectivity index (χ3n) is 8.24. The predicted octanol–water partition coefficient (Wildman–Crippen LogP) is 3.17. The number of halogens is 3. The van der Waals surface area contributed by atoms with Gasteiger partial charge in [0.1, 0.15) is 11.7 Å². The van der Waals surface area contributed by atoms with Crippen molar-refractivity contribution in [1.29, 1.82) is 0 Å². The molecule has 0 aromatic carbocycles. The van der Waals surface area contributed by atoms with Gasteiger partial charge in [-0.15, -0.1) is 23.4 Å². The van der Waals surface area contributed by atoms with Crippen molar-refractivity contribution in [2.24, 2.45) is 5.92 Å². The summed E-state index contributed by atoms with van der Waals surface area (Å²) in [4.78, 5) is 26.9. The fourth-order valence-corrected chi connectivity index (χ4v) is 6.56. The van der Waals surface area contributed by atoms with Gasteiger partial charge in [-0.25, -0.2) is 4.79 Å². The maximum Gasteiger partial charge on any atom is 0.522 e. The van der Waals surface area contributed by atoms with E-state index in [-0.39, 0.29) is 53.7 Å². The fraction of sp³-hybridized carbons (Fsp3) is 0.833. The summed E-state index contributed by atoms with van der Waals surface area (Å²) in [5.41, 5.74) is -1.14. The molecule has 2 aliphatic heterocycles. The van der Waals surface area contributed by atoms with Gasteiger partial charge in [-0.2, -0.15) is 0 Å². The molecule has 2 amide bonds. The van der Waals surface area contributed by atoms with Crippen molar-refractivity contribution < 1.29 is 41.4 Å². The largest absolute Gasteiger partial charge is 0.522 e. The number of carbonyl (C=O) groups is 2. The molecule has 1 aromatic heterocycles. The quantitative estimate of drug-likeness (QED) is 0.620. The third kappa shape index (κ3) is 4.58. The summed E-state index contributed by atoms with van der Waals surface area (Å²) in [6.45, 7) is 6.41. The number of alkyl halides is 3. The second kappa shape index (κ2) is 8.05. The van der Waals surface area contributed by atoms with Gasteiger partial charge in [0.15, 0.2) is 0 Å². The molecule has 13 heteroatoms. The number of rotatable bonds is 5. The summed E-state index contributed by atoms with van der Waals surface area (Å²) in [7, 11) is 0. The Labute approximate surface area is 211 Å². The molecule has 0 unspecified atom stereocenters. The van der Waals surface area contributed by atoms with Crippen LogP contribution in [0.4, 0.5) is 18.0 Å². The molecule has 4 saturated carbocycles. The standard InChI is InChI=1S/C24H31F3N4O6/c1-21(2,3)37-20(33)31-7-13-6-15(34-16(13)8-31)17(32)28-23-9-22(10-23,11-23)19-30-29-18(35-19)12-4-14(5-12)36-24(25,26)27/h12-16H,4-11H2,1-3H3,(H,28,32)/t12?,13-,14?,15-,16+,22?,23?/m1/s1. The van der Waals surface area contributed by atoms with Crippen molar-refractivity contribution in [3.8, 4) is 0 Å². The van der Waals surface area contributed by atoms with E-state index in [0.29, 0.717) is 50.6 Å². The molecule has 3 atom stereocenters. The maximum absolute atomic E-state index is 12.9. The van der Waals surface area contributed by atoms with Crippen molar-refractivity contribution in [3.63, 3.8) is 0 Å². The first-order chi connectivity index (χ1) is 17.2. The molecule has 0 spiro atoms. The predicted molar refractivity (Wildman–Crippen MR) is 118 cm³/mol. The Morgan fingerprint density at radius 1 is 1.08 bits per heavy atom. The summed E-state index contributed by atoms with van der Waals surface area (Å²) in [6.07, 6.45) is -3.56. The lowest BCUT2D eigenvalue weighted by atomic mass is 9.39. The Hall–Kier alpha value is -2.41. The number of ether oxygens (including phenoxy) is 3. The van der Waals surface area contributed by atoms with Gasteiger partial charge >= 0.3 is 12.5 Å². The molecular formula is C24H31F3N4O6. The SMILES string of the molecule is CC(C)(C)OC(=O)N1C[C@H]2C[C@H](C(=O)NC34CC(c5nnc(C6CC(OC(F)(F)F)C6)o5)(C3)C4)O[C@H]2C1. The van der Waals surface area contributed by atoms with Crippen molar-refractivity contribution in [3.05, 3.63) is 11.8 Å². The molecule has 2 saturated heterocycles. The Bertz CT molecular complexity index is 1060. The monoisotopic (exact) mass is 528 g/mol. The molecule has 3 heterocycles. The molecule has 1 N–H and O–H groups in total. The number of nitrogens with zero attached hydrogens (tertiary/aromatic N) is 3. The van der Waals surface area contributed by atoms with E-state index in [1.165, 1.54) is 0 Å². The second-order valence-electron chi connectivity index (χ2n) is 12.4. The molecule has 37 heavy (non-hydrogen) atoms. The van der Waals surface area contributed by atoms with Gasteiger partial charge in [0, 0.05) is 23.9 Å². The topological polar surface area (TPSA) is 116 Å². The summed E-state index contributed by atoms with van der Waals surface area (Å²) in [6, 6.07) is 0. The van der Waals surface area contributed by atoms with Crippen molar-refractivity contribution in [2.75, 3.05) is 13.1 Å². The van der Waals surface area contributed by atoms with Gasteiger partial charge in [-0.3, -0.25) is 9.53 Å². The molecule has 2 bridgehead atoms. The number of nitrogens with one attached hydrogen (secondary N) is 1. The average molecular weight is 529 g/mol. The molecule has 6 aliphatic rings. The number of aromatic nitrogens is 2. The highest BCUT2D eigenvalue weighted by Crippen LogP contribution is 2.67. The van der Waals surface area contributed by atoms with Crippen LogP contribution in [0, 0.1) is 5.92 Å². The number of likely N-dealkylation sites (tertiary alicyclic amines) is 1. The van der Waals surface area contributed by atoms with Crippen molar-refractivity contribution in [2.45, 2.75) is 106 Å². The summed E-state index contributed by atoms with van der Waals surface area (Å²) in [5.74, 6) is 0.591. The first-order valence-corrected chi connectivity index (χ1v) is 12.8. The minimum absolute atomic E-state index is 0.104. The van der Waals surface area contributed by atoms with Gasteiger partial charge in [-0.1, -0.05) is 0 Å². The zero-order chi connectivity index (χ0) is 26.4. The van der Waals surface area contributed by atoms with Crippen LogP contribution in [0.15, 0.2) is 4.42 Å². The highest BCUT2D eigenvalue weighted by Gasteiger charge is 2.72. The van der Waals surface area contributed by atoms with E-state index in [9.17, 15) is 22.8 Å². The van der Waals surface area contributed by atoms with Crippen LogP contribution in [0.3, 0.4) is 0 Å². The average Bonchev–Trinajstić information content (AvgIpc) is 3.38. The number of fused-ring (bicyclic) bond motifs is 1. The van der Waals surface area contributed by atoms with E-state index in [1.54, 1.807) is 4.90 Å². The fourth-order valence-electron chi connectivity index (χ4n) is 6.56. The van der Waals surface area contributed by atoms with Crippen LogP contribution in [0.2, 0.25) is 0 Å². The summed E-state index contributed by atoms with van der Waals surface area (Å²) >= 11 is 0. The Morgan fingerprint density at radius 3 is 2.41 bits per heavy atom. The van der Waals surface area contributed by atoms with E-state index in [1.807, 2.05) is 20.8 Å². The molecule has 7 rings (SSSR count). The number of amides is 2. The highest BCUT2D eigenvalue weighted by molar-refractivity contribution is 5.82. The third-order valence-corrected chi connectivity index (χ3v) is 8.24. The molecule has 6 fully saturated rings. The lowest BCUT2D eigenvalue weighted by Gasteiger charge is -2.68. The normalized spacial score (nSPS) is 38.3. The number of carbonyl (C=O) groups excluding carboxylic acids is 2. The van der Waals surface area contributed by atoms with Gasteiger partial charge in [0.2, 0.25) is 17.7 Å². The van der Waals surface area contributed by atoms with Crippen LogP contribution in [-0.2, 0) is 24.4 Å². The Morgan fingerprint density at radius 2 is 1.78 bits per heavy atom. The highest BCUT2D eigenvalue weighted by atomic mass is 19.4. The Balaban J connectivity index is 0.955. The smallest absolute Gasteiger partial charge is 0.444 e. The number of hydrogen-bond acceptors (Lipinski definition) is 8. The molecule has 204 valence electrons. The van der Waals surface area contributed by atoms with Crippen LogP contribution in [0.5, 0.6) is 0 Å². The minimum Gasteiger partial charge on any atom is -0.444 e. The lowest BCUT2D eigenvalue weighted by molar-refractivity contribution is -0.352. The molecular weight excluding hydrogens is 497 g/mol. The Kier molecular flexibility index (Phi) is 5.41. The van der Waals surface area contributed by atoms with Crippen LogP contribution in [0.1, 0.15) is 77.0 Å². The van der Waals surface area contributed by atoms with Crippen molar-refractivity contribution in [1.82, 2.24) is 20.4 Å². The molecule has 0 radical (unpaired) electrons. The molecule has 10 nitrogen and oxygen atoms in total. The van der Waals surface area contributed by atoms with Gasteiger partial charge < -0.3 is 24.1 Å². The molecule has 4 aliphatic carbocycles. The minimum atomic E-state index is -4.64. The number of hydrogen-bond donors (Lipinski definition) is 1. The summed E-state index contributed by atoms with van der Waals surface area (Å²) in [5, 5.41) is 11.4. The van der Waals surface area contributed by atoms with E-state index in [4.69, 9.17) is 13.9 Å². The first-order valence-electron chi connectivity index (χ1n) is 12.8. The van der Waals surface area contributed by atoms with Crippen LogP contribution >= 0.6 is 0 Å². The molecule has 1 aromatic rings. The maximum atomic E-state index is 12.9. The van der Waals surface area contributed by atoms with E-state index in [2.05, 4.69) is 20.3 Å². The van der Waals surface area contributed by atoms with Crippen LogP contribution in [-0.4, -0.2) is 76.0 Å². The summed E-state index contributed by atoms with van der Waals surface area (Å²) < 4.78 is 58.3. The van der Waals surface area contributed by atoms with Gasteiger partial charge in [-0.05, 0) is 59.3 Å². The first kappa shape index (κ1) is 24.9. The van der Waals surface area contributed by atoms with Crippen molar-refractivity contribution >= 4 is 12.0 Å². The van der Waals surface area contributed by atoms with Gasteiger partial charge in [0.25, 0.3) is 0 Å². The zero-order valence-electron chi connectivity index (χ0n) is 21.0. The van der Waals surface area contributed by atoms with Crippen LogP contribution < -0.4 is 5.32 Å². The van der Waals surface area contributed by atoms with E-state index >= 15 is 0 Å². The van der Waals surface area contributed by atoms with E-state index in [0.717, 1.165) is 0 Å². The van der Waals surface area contributed by atoms with Crippen LogP contribution in [0.25, 0.3) is 0 Å². The zero-order valence-corrected chi connectivity index (χ0v) is 21.0. The van der Waals surface area contributed by atoms with Gasteiger partial charge in [0.05, 0.1) is 24.2 Å². The second-order valence-corrected chi connectivity index (χ2v) is 12.4. The lowest BCUT2D eigenvalue weighted by Crippen LogP contribution is -2.77.